The Morgan fingerprint density at radius 2 is 1.78 bits per heavy atom. The first kappa shape index (κ1) is 22.8. The molecule has 2 aromatic carbocycles. The zero-order valence-corrected chi connectivity index (χ0v) is 19.6. The third kappa shape index (κ3) is 4.69. The topological polar surface area (TPSA) is 79.4 Å². The van der Waals surface area contributed by atoms with Gasteiger partial charge in [-0.05, 0) is 43.0 Å². The summed E-state index contributed by atoms with van der Waals surface area (Å²) in [5.41, 5.74) is 0.994. The second-order valence-corrected chi connectivity index (χ2v) is 11.1. The van der Waals surface area contributed by atoms with Crippen molar-refractivity contribution in [3.05, 3.63) is 59.4 Å². The number of carbonyl (C=O) groups excluding carboxylic acids is 1. The van der Waals surface area contributed by atoms with Gasteiger partial charge in [-0.1, -0.05) is 38.1 Å². The van der Waals surface area contributed by atoms with Crippen molar-refractivity contribution in [2.24, 2.45) is 5.92 Å². The maximum Gasteiger partial charge on any atom is 0.244 e. The van der Waals surface area contributed by atoms with Crippen molar-refractivity contribution in [2.45, 2.75) is 43.5 Å². The minimum absolute atomic E-state index is 0.275. The Bertz CT molecular complexity index is 1180. The van der Waals surface area contributed by atoms with E-state index in [-0.39, 0.29) is 17.7 Å². The van der Waals surface area contributed by atoms with E-state index in [1.165, 1.54) is 18.2 Å². The van der Waals surface area contributed by atoms with Crippen LogP contribution >= 0.6 is 11.3 Å². The van der Waals surface area contributed by atoms with E-state index in [2.05, 4.69) is 10.8 Å². The summed E-state index contributed by atoms with van der Waals surface area (Å²) in [6.07, 6.45) is 1.55. The minimum Gasteiger partial charge on any atom is -0.341 e. The Labute approximate surface area is 191 Å². The molecule has 32 heavy (non-hydrogen) atoms. The van der Waals surface area contributed by atoms with Crippen LogP contribution in [-0.4, -0.2) is 43.3 Å². The molecule has 3 aromatic rings. The predicted octanol–water partition coefficient (Wildman–Crippen LogP) is 4.14. The van der Waals surface area contributed by atoms with Crippen LogP contribution in [0.15, 0.2) is 53.4 Å². The normalized spacial score (nSPS) is 16.6. The number of sulfonamides is 1. The van der Waals surface area contributed by atoms with Crippen LogP contribution in [0.4, 0.5) is 4.39 Å². The number of fused-ring (bicyclic) bond motifs is 1. The molecule has 0 spiro atoms. The Morgan fingerprint density at radius 3 is 2.44 bits per heavy atom. The summed E-state index contributed by atoms with van der Waals surface area (Å²) in [5.74, 6) is -1.12. The van der Waals surface area contributed by atoms with Crippen LogP contribution in [0.2, 0.25) is 0 Å². The Balaban J connectivity index is 1.45. The highest BCUT2D eigenvalue weighted by Crippen LogP contribution is 2.34. The maximum absolute atomic E-state index is 14.1. The number of aromatic nitrogens is 1. The largest absolute Gasteiger partial charge is 0.341 e. The van der Waals surface area contributed by atoms with Gasteiger partial charge in [0.1, 0.15) is 16.8 Å². The summed E-state index contributed by atoms with van der Waals surface area (Å²) < 4.78 is 43.1. The first-order valence-electron chi connectivity index (χ1n) is 10.7. The van der Waals surface area contributed by atoms with E-state index < -0.39 is 26.8 Å². The number of thiazole rings is 1. The summed E-state index contributed by atoms with van der Waals surface area (Å²) in [4.78, 5) is 19.2. The minimum atomic E-state index is -4.17. The highest BCUT2D eigenvalue weighted by atomic mass is 32.2. The Morgan fingerprint density at radius 1 is 1.12 bits per heavy atom. The molecule has 1 aliphatic rings. The molecule has 170 valence electrons. The van der Waals surface area contributed by atoms with Crippen LogP contribution in [0, 0.1) is 11.7 Å². The number of piperidine rings is 1. The number of nitrogens with one attached hydrogen (secondary N) is 1. The highest BCUT2D eigenvalue weighted by molar-refractivity contribution is 7.89. The fourth-order valence-corrected chi connectivity index (χ4v) is 6.53. The molecule has 1 amide bonds. The quantitative estimate of drug-likeness (QED) is 0.581. The summed E-state index contributed by atoms with van der Waals surface area (Å²) >= 11 is 1.69. The van der Waals surface area contributed by atoms with Crippen LogP contribution in [0.5, 0.6) is 0 Å². The van der Waals surface area contributed by atoms with Crippen LogP contribution < -0.4 is 4.72 Å². The van der Waals surface area contributed by atoms with Crippen LogP contribution in [0.1, 0.15) is 37.6 Å². The van der Waals surface area contributed by atoms with E-state index in [9.17, 15) is 17.6 Å². The number of para-hydroxylation sites is 1. The van der Waals surface area contributed by atoms with E-state index in [0.717, 1.165) is 34.1 Å². The molecule has 1 aromatic heterocycles. The maximum atomic E-state index is 14.1. The molecule has 0 bridgehead atoms. The molecule has 1 saturated heterocycles. The highest BCUT2D eigenvalue weighted by Gasteiger charge is 2.34. The van der Waals surface area contributed by atoms with Gasteiger partial charge in [-0.3, -0.25) is 4.79 Å². The number of halogens is 1. The molecule has 1 aliphatic heterocycles. The van der Waals surface area contributed by atoms with Gasteiger partial charge < -0.3 is 4.90 Å². The fourth-order valence-electron chi connectivity index (χ4n) is 3.97. The Kier molecular flexibility index (Phi) is 6.60. The third-order valence-electron chi connectivity index (χ3n) is 5.81. The lowest BCUT2D eigenvalue weighted by molar-refractivity contribution is -0.135. The van der Waals surface area contributed by atoms with E-state index in [0.29, 0.717) is 13.1 Å². The molecule has 1 N–H and O–H groups in total. The summed E-state index contributed by atoms with van der Waals surface area (Å²) in [6.45, 7) is 4.62. The molecule has 1 fully saturated rings. The van der Waals surface area contributed by atoms with Crippen LogP contribution in [0.25, 0.3) is 10.2 Å². The molecule has 6 nitrogen and oxygen atoms in total. The van der Waals surface area contributed by atoms with Crippen LogP contribution in [0.3, 0.4) is 0 Å². The van der Waals surface area contributed by atoms with Gasteiger partial charge in [0.05, 0.1) is 15.2 Å². The zero-order chi connectivity index (χ0) is 22.9. The molecular weight excluding hydrogens is 449 g/mol. The van der Waals surface area contributed by atoms with Crippen molar-refractivity contribution < 1.29 is 17.6 Å². The summed E-state index contributed by atoms with van der Waals surface area (Å²) in [6, 6.07) is 12.2. The second kappa shape index (κ2) is 9.25. The molecule has 9 heteroatoms. The lowest BCUT2D eigenvalue weighted by Gasteiger charge is -2.34. The molecule has 0 saturated carbocycles. The standard InChI is InChI=1S/C23H26FN3O3S2/c1-15(2)21(26-32(29,30)20-10-6-3-7-17(20)24)23(28)27-13-11-16(12-14-27)22-25-18-8-4-5-9-19(18)31-22/h3-10,15-16,21,26H,11-14H2,1-2H3. The first-order chi connectivity index (χ1) is 15.3. The molecular formula is C23H26FN3O3S2. The first-order valence-corrected chi connectivity index (χ1v) is 13.0. The van der Waals surface area contributed by atoms with Crippen molar-refractivity contribution >= 4 is 37.5 Å². The second-order valence-electron chi connectivity index (χ2n) is 8.39. The van der Waals surface area contributed by atoms with E-state index in [1.54, 1.807) is 30.1 Å². The number of rotatable bonds is 6. The summed E-state index contributed by atoms with van der Waals surface area (Å²) in [5, 5.41) is 1.08. The predicted molar refractivity (Wildman–Crippen MR) is 124 cm³/mol. The van der Waals surface area contributed by atoms with E-state index in [1.807, 2.05) is 18.2 Å². The SMILES string of the molecule is CC(C)C(NS(=O)(=O)c1ccccc1F)C(=O)N1CCC(c2nc3ccccc3s2)CC1. The Hall–Kier alpha value is -2.36. The molecule has 1 atom stereocenters. The lowest BCUT2D eigenvalue weighted by atomic mass is 9.96. The van der Waals surface area contributed by atoms with Gasteiger partial charge >= 0.3 is 0 Å². The fraction of sp³-hybridized carbons (Fsp3) is 0.391. The average Bonchev–Trinajstić information content (AvgIpc) is 3.21. The zero-order valence-electron chi connectivity index (χ0n) is 18.0. The van der Waals surface area contributed by atoms with Crippen molar-refractivity contribution in [3.63, 3.8) is 0 Å². The van der Waals surface area contributed by atoms with Gasteiger partial charge in [-0.15, -0.1) is 11.3 Å². The lowest BCUT2D eigenvalue weighted by Crippen LogP contribution is -2.52. The summed E-state index contributed by atoms with van der Waals surface area (Å²) in [7, 11) is -4.17. The number of hydrogen-bond acceptors (Lipinski definition) is 5. The van der Waals surface area contributed by atoms with Crippen molar-refractivity contribution in [2.75, 3.05) is 13.1 Å². The van der Waals surface area contributed by atoms with Gasteiger partial charge in [-0.2, -0.15) is 4.72 Å². The third-order valence-corrected chi connectivity index (χ3v) is 8.48. The molecule has 0 aliphatic carbocycles. The molecule has 0 radical (unpaired) electrons. The van der Waals surface area contributed by atoms with Crippen molar-refractivity contribution in [3.8, 4) is 0 Å². The average molecular weight is 476 g/mol. The van der Waals surface area contributed by atoms with Gasteiger partial charge in [0.2, 0.25) is 15.9 Å². The monoisotopic (exact) mass is 475 g/mol. The van der Waals surface area contributed by atoms with Crippen LogP contribution in [-0.2, 0) is 14.8 Å². The number of likely N-dealkylation sites (tertiary alicyclic amines) is 1. The number of carbonyl (C=O) groups is 1. The van der Waals surface area contributed by atoms with Crippen molar-refractivity contribution in [1.29, 1.82) is 0 Å². The number of benzene rings is 2. The van der Waals surface area contributed by atoms with E-state index >= 15 is 0 Å². The smallest absolute Gasteiger partial charge is 0.244 e. The van der Waals surface area contributed by atoms with Gasteiger partial charge in [0, 0.05) is 19.0 Å². The van der Waals surface area contributed by atoms with E-state index in [4.69, 9.17) is 4.98 Å². The van der Waals surface area contributed by atoms with Gasteiger partial charge in [0.25, 0.3) is 0 Å². The van der Waals surface area contributed by atoms with Crippen molar-refractivity contribution in [1.82, 2.24) is 14.6 Å². The molecule has 4 rings (SSSR count). The number of amides is 1. The molecule has 1 unspecified atom stereocenters. The molecule has 2 heterocycles. The number of hydrogen-bond donors (Lipinski definition) is 1. The number of nitrogens with zero attached hydrogens (tertiary/aromatic N) is 2. The van der Waals surface area contributed by atoms with Gasteiger partial charge in [0.15, 0.2) is 0 Å². The van der Waals surface area contributed by atoms with Gasteiger partial charge in [-0.25, -0.2) is 17.8 Å².